The molecule has 0 amide bonds. The van der Waals surface area contributed by atoms with Gasteiger partial charge in [0, 0.05) is 13.1 Å². The number of nitrogens with one attached hydrogen (secondary N) is 1. The maximum Gasteiger partial charge on any atom is 0.150 e. The maximum absolute atomic E-state index is 5.54. The molecule has 0 atom stereocenters. The molecule has 0 aromatic carbocycles. The fourth-order valence-corrected chi connectivity index (χ4v) is 0.469. The van der Waals surface area contributed by atoms with Crippen molar-refractivity contribution in [1.29, 1.82) is 0 Å². The third-order valence-corrected chi connectivity index (χ3v) is 1.45. The Kier molecular flexibility index (Phi) is 3.36. The minimum atomic E-state index is -1.29. The van der Waals surface area contributed by atoms with Crippen LogP contribution < -0.4 is 34.0 Å². The third kappa shape index (κ3) is 3.10. The molecule has 0 heterocycles. The maximum atomic E-state index is 5.54. The topological polar surface area (TPSA) is 142 Å². The molecule has 0 fully saturated rings. The van der Waals surface area contributed by atoms with Crippen LogP contribution in [0.25, 0.3) is 0 Å². The Morgan fingerprint density at radius 1 is 1.18 bits per heavy atom. The lowest BCUT2D eigenvalue weighted by atomic mass is 10.1. The van der Waals surface area contributed by atoms with Crippen LogP contribution in [-0.2, 0) is 0 Å². The van der Waals surface area contributed by atoms with Crippen LogP contribution >= 0.6 is 0 Å². The quantitative estimate of drug-likeness (QED) is 0.240. The molecule has 0 spiro atoms. The highest BCUT2D eigenvalue weighted by Gasteiger charge is 2.34. The van der Waals surface area contributed by atoms with Gasteiger partial charge in [0.1, 0.15) is 11.4 Å². The van der Waals surface area contributed by atoms with Crippen LogP contribution in [0.15, 0.2) is 0 Å². The van der Waals surface area contributed by atoms with E-state index in [0.29, 0.717) is 13.1 Å². The zero-order chi connectivity index (χ0) is 9.12. The average molecular weight is 162 g/mol. The van der Waals surface area contributed by atoms with Gasteiger partial charge in [-0.2, -0.15) is 0 Å². The van der Waals surface area contributed by atoms with Crippen LogP contribution in [-0.4, -0.2) is 24.5 Å². The minimum Gasteiger partial charge on any atom is -0.329 e. The molecule has 68 valence electrons. The second-order valence-corrected chi connectivity index (χ2v) is 2.87. The smallest absolute Gasteiger partial charge is 0.150 e. The average Bonchev–Trinajstić information content (AvgIpc) is 1.81. The van der Waals surface area contributed by atoms with Crippen molar-refractivity contribution in [2.45, 2.75) is 18.4 Å². The van der Waals surface area contributed by atoms with Gasteiger partial charge in [0.2, 0.25) is 0 Å². The molecule has 0 aliphatic rings. The van der Waals surface area contributed by atoms with Gasteiger partial charge in [0.15, 0.2) is 0 Å². The molecule has 6 nitrogen and oxygen atoms in total. The van der Waals surface area contributed by atoms with E-state index in [4.69, 9.17) is 28.7 Å². The summed E-state index contributed by atoms with van der Waals surface area (Å²) in [4.78, 5) is 0. The van der Waals surface area contributed by atoms with Gasteiger partial charge in [0.05, 0.1) is 0 Å². The van der Waals surface area contributed by atoms with Gasteiger partial charge in [-0.15, -0.1) is 0 Å². The van der Waals surface area contributed by atoms with E-state index in [9.17, 15) is 0 Å². The molecule has 0 unspecified atom stereocenters. The predicted molar refractivity (Wildman–Crippen MR) is 44.9 cm³/mol. The summed E-state index contributed by atoms with van der Waals surface area (Å²) in [5.74, 6) is -1.29. The molecule has 0 saturated heterocycles. The Morgan fingerprint density at radius 3 is 1.91 bits per heavy atom. The van der Waals surface area contributed by atoms with Crippen molar-refractivity contribution in [2.75, 3.05) is 13.1 Å². The van der Waals surface area contributed by atoms with Crippen molar-refractivity contribution in [3.05, 3.63) is 0 Å². The van der Waals surface area contributed by atoms with Crippen LogP contribution in [0.3, 0.4) is 0 Å². The SMILES string of the molecule is CC(N)(N)C(N)(N)NCCN. The number of hydrogen-bond donors (Lipinski definition) is 6. The van der Waals surface area contributed by atoms with Gasteiger partial charge in [-0.25, -0.2) is 0 Å². The fourth-order valence-electron chi connectivity index (χ4n) is 0.469. The Hall–Kier alpha value is -0.240. The van der Waals surface area contributed by atoms with Crippen LogP contribution in [0, 0.1) is 0 Å². The van der Waals surface area contributed by atoms with E-state index < -0.39 is 11.4 Å². The zero-order valence-corrected chi connectivity index (χ0v) is 6.80. The van der Waals surface area contributed by atoms with Gasteiger partial charge in [0.25, 0.3) is 0 Å². The summed E-state index contributed by atoms with van der Waals surface area (Å²) in [6, 6.07) is 0. The molecule has 11 N–H and O–H groups in total. The van der Waals surface area contributed by atoms with Crippen molar-refractivity contribution in [2.24, 2.45) is 28.7 Å². The standard InChI is InChI=1S/C5H18N6/c1-4(7,8)5(9,10)11-3-2-6/h11H,2-3,6-10H2,1H3. The van der Waals surface area contributed by atoms with Gasteiger partial charge in [-0.1, -0.05) is 0 Å². The summed E-state index contributed by atoms with van der Waals surface area (Å²) >= 11 is 0. The Bertz CT molecular complexity index is 115. The predicted octanol–water partition coefficient (Wildman–Crippen LogP) is -3.26. The number of nitrogens with two attached hydrogens (primary N) is 5. The molecule has 0 radical (unpaired) electrons. The molecular weight excluding hydrogens is 144 g/mol. The Morgan fingerprint density at radius 2 is 1.64 bits per heavy atom. The third-order valence-electron chi connectivity index (χ3n) is 1.45. The lowest BCUT2D eigenvalue weighted by Crippen LogP contribution is -2.81. The highest BCUT2D eigenvalue weighted by atomic mass is 15.3. The highest BCUT2D eigenvalue weighted by Crippen LogP contribution is 1.98. The number of rotatable bonds is 4. The summed E-state index contributed by atoms with van der Waals surface area (Å²) in [6.07, 6.45) is 0. The van der Waals surface area contributed by atoms with Crippen LogP contribution in [0.5, 0.6) is 0 Å². The first-order valence-electron chi connectivity index (χ1n) is 3.42. The lowest BCUT2D eigenvalue weighted by molar-refractivity contribution is 0.202. The van der Waals surface area contributed by atoms with E-state index in [1.165, 1.54) is 6.92 Å². The van der Waals surface area contributed by atoms with E-state index in [2.05, 4.69) is 5.32 Å². The summed E-state index contributed by atoms with van der Waals surface area (Å²) in [6.45, 7) is 2.46. The molecular formula is C5H18N6. The second-order valence-electron chi connectivity index (χ2n) is 2.87. The first kappa shape index (κ1) is 10.8. The van der Waals surface area contributed by atoms with Crippen LogP contribution in [0.4, 0.5) is 0 Å². The van der Waals surface area contributed by atoms with Crippen LogP contribution in [0.1, 0.15) is 6.92 Å². The largest absolute Gasteiger partial charge is 0.329 e. The van der Waals surface area contributed by atoms with Crippen molar-refractivity contribution < 1.29 is 0 Å². The molecule has 0 saturated carbocycles. The van der Waals surface area contributed by atoms with E-state index in [0.717, 1.165) is 0 Å². The molecule has 0 aromatic heterocycles. The zero-order valence-electron chi connectivity index (χ0n) is 6.80. The van der Waals surface area contributed by atoms with Gasteiger partial charge >= 0.3 is 0 Å². The van der Waals surface area contributed by atoms with E-state index >= 15 is 0 Å². The van der Waals surface area contributed by atoms with E-state index in [1.54, 1.807) is 0 Å². The molecule has 0 bridgehead atoms. The summed E-state index contributed by atoms with van der Waals surface area (Å²) in [5, 5.41) is 2.73. The van der Waals surface area contributed by atoms with Crippen LogP contribution in [0.2, 0.25) is 0 Å². The highest BCUT2D eigenvalue weighted by molar-refractivity contribution is 4.93. The summed E-state index contributed by atoms with van der Waals surface area (Å²) in [7, 11) is 0. The molecule has 0 aliphatic heterocycles. The van der Waals surface area contributed by atoms with Crippen molar-refractivity contribution in [3.8, 4) is 0 Å². The Balaban J connectivity index is 4.00. The molecule has 11 heavy (non-hydrogen) atoms. The Labute approximate surface area is 66.4 Å². The summed E-state index contributed by atoms with van der Waals surface area (Å²) in [5.41, 5.74) is 26.1. The van der Waals surface area contributed by atoms with Crippen molar-refractivity contribution >= 4 is 0 Å². The first-order chi connectivity index (χ1) is 4.81. The van der Waals surface area contributed by atoms with Gasteiger partial charge in [-0.3, -0.25) is 16.8 Å². The second kappa shape index (κ2) is 3.44. The molecule has 0 aromatic rings. The fraction of sp³-hybridized carbons (Fsp3) is 1.00. The van der Waals surface area contributed by atoms with Gasteiger partial charge in [-0.05, 0) is 6.92 Å². The van der Waals surface area contributed by atoms with Crippen molar-refractivity contribution in [1.82, 2.24) is 5.32 Å². The lowest BCUT2D eigenvalue weighted by Gasteiger charge is -2.37. The summed E-state index contributed by atoms with van der Waals surface area (Å²) < 4.78 is 0. The monoisotopic (exact) mass is 162 g/mol. The van der Waals surface area contributed by atoms with Gasteiger partial charge < -0.3 is 17.2 Å². The van der Waals surface area contributed by atoms with E-state index in [1.807, 2.05) is 0 Å². The van der Waals surface area contributed by atoms with E-state index in [-0.39, 0.29) is 0 Å². The minimum absolute atomic E-state index is 0.437. The molecule has 0 aliphatic carbocycles. The first-order valence-corrected chi connectivity index (χ1v) is 3.42. The number of hydrogen-bond acceptors (Lipinski definition) is 6. The van der Waals surface area contributed by atoms with Crippen molar-refractivity contribution in [3.63, 3.8) is 0 Å². The normalized spacial score (nSPS) is 13.6. The molecule has 6 heteroatoms. The molecule has 0 rings (SSSR count).